The average molecular weight is 222 g/mol. The number of hydrogen-bond donors (Lipinski definition) is 1. The zero-order valence-electron chi connectivity index (χ0n) is 8.48. The summed E-state index contributed by atoms with van der Waals surface area (Å²) in [6.45, 7) is 1.04. The van der Waals surface area contributed by atoms with E-state index in [4.69, 9.17) is 10.5 Å². The van der Waals surface area contributed by atoms with Gasteiger partial charge >= 0.3 is 0 Å². The van der Waals surface area contributed by atoms with Gasteiger partial charge in [-0.05, 0) is 19.3 Å². The molecule has 6 heteroatoms. The Bertz CT molecular complexity index is 266. The first kappa shape index (κ1) is 11.9. The highest BCUT2D eigenvalue weighted by atomic mass is 32.2. The first-order valence-corrected chi connectivity index (χ1v) is 6.43. The van der Waals surface area contributed by atoms with Gasteiger partial charge in [0.1, 0.15) is 0 Å². The molecule has 0 aliphatic carbocycles. The molecule has 0 aromatic heterocycles. The third kappa shape index (κ3) is 2.91. The molecule has 1 heterocycles. The van der Waals surface area contributed by atoms with Crippen LogP contribution >= 0.6 is 0 Å². The van der Waals surface area contributed by atoms with Crippen molar-refractivity contribution in [2.45, 2.75) is 25.4 Å². The number of sulfonamides is 1. The van der Waals surface area contributed by atoms with Crippen LogP contribution in [0.25, 0.3) is 0 Å². The Kier molecular flexibility index (Phi) is 4.31. The van der Waals surface area contributed by atoms with Gasteiger partial charge in [0.2, 0.25) is 10.0 Å². The van der Waals surface area contributed by atoms with E-state index in [1.165, 1.54) is 4.31 Å². The second kappa shape index (κ2) is 5.06. The van der Waals surface area contributed by atoms with E-state index >= 15 is 0 Å². The Labute approximate surface area is 85.3 Å². The topological polar surface area (TPSA) is 72.6 Å². The molecular formula is C8H18N2O3S. The van der Waals surface area contributed by atoms with E-state index in [-0.39, 0.29) is 11.9 Å². The maximum absolute atomic E-state index is 11.7. The highest BCUT2D eigenvalue weighted by Gasteiger charge is 2.30. The zero-order valence-corrected chi connectivity index (χ0v) is 9.29. The van der Waals surface area contributed by atoms with Crippen molar-refractivity contribution in [1.82, 2.24) is 4.31 Å². The molecule has 5 nitrogen and oxygen atoms in total. The van der Waals surface area contributed by atoms with Crippen molar-refractivity contribution in [3.05, 3.63) is 0 Å². The number of nitrogens with zero attached hydrogens (tertiary/aromatic N) is 1. The molecule has 84 valence electrons. The molecule has 0 spiro atoms. The second-order valence-corrected chi connectivity index (χ2v) is 5.52. The summed E-state index contributed by atoms with van der Waals surface area (Å²) in [5.74, 6) is 0.133. The number of nitrogens with two attached hydrogens (primary N) is 1. The Hall–Kier alpha value is -0.170. The van der Waals surface area contributed by atoms with Crippen LogP contribution in [0.3, 0.4) is 0 Å². The molecule has 2 N–H and O–H groups in total. The van der Waals surface area contributed by atoms with Crippen LogP contribution < -0.4 is 5.73 Å². The highest BCUT2D eigenvalue weighted by Crippen LogP contribution is 2.17. The smallest absolute Gasteiger partial charge is 0.215 e. The minimum absolute atomic E-state index is 0.133. The van der Waals surface area contributed by atoms with E-state index < -0.39 is 10.0 Å². The molecule has 1 aliphatic heterocycles. The van der Waals surface area contributed by atoms with Crippen LogP contribution in [0.2, 0.25) is 0 Å². The van der Waals surface area contributed by atoms with E-state index in [1.54, 1.807) is 7.11 Å². The summed E-state index contributed by atoms with van der Waals surface area (Å²) < 4.78 is 29.6. The van der Waals surface area contributed by atoms with Gasteiger partial charge in [-0.2, -0.15) is 4.31 Å². The summed E-state index contributed by atoms with van der Waals surface area (Å²) >= 11 is 0. The number of rotatable bonds is 5. The lowest BCUT2D eigenvalue weighted by molar-refractivity contribution is 0.199. The maximum atomic E-state index is 11.7. The van der Waals surface area contributed by atoms with Crippen LogP contribution in [-0.4, -0.2) is 44.9 Å². The molecule has 0 bridgehead atoms. The van der Waals surface area contributed by atoms with Crippen molar-refractivity contribution in [2.24, 2.45) is 5.73 Å². The lowest BCUT2D eigenvalue weighted by atomic mass is 10.3. The van der Waals surface area contributed by atoms with Gasteiger partial charge in [-0.3, -0.25) is 0 Å². The molecule has 1 atom stereocenters. The molecule has 14 heavy (non-hydrogen) atoms. The van der Waals surface area contributed by atoms with Gasteiger partial charge < -0.3 is 10.5 Å². The molecule has 1 aliphatic rings. The van der Waals surface area contributed by atoms with Crippen molar-refractivity contribution in [2.75, 3.05) is 26.0 Å². The van der Waals surface area contributed by atoms with Gasteiger partial charge in [0.05, 0.1) is 11.9 Å². The van der Waals surface area contributed by atoms with Gasteiger partial charge in [-0.25, -0.2) is 8.42 Å². The van der Waals surface area contributed by atoms with Crippen LogP contribution in [0.5, 0.6) is 0 Å². The lowest BCUT2D eigenvalue weighted by Gasteiger charge is -2.20. The largest absolute Gasteiger partial charge is 0.385 e. The van der Waals surface area contributed by atoms with E-state index in [1.807, 2.05) is 0 Å². The fourth-order valence-electron chi connectivity index (χ4n) is 1.61. The molecule has 1 fully saturated rings. The van der Waals surface area contributed by atoms with Crippen molar-refractivity contribution < 1.29 is 13.2 Å². The quantitative estimate of drug-likeness (QED) is 0.650. The normalized spacial score (nSPS) is 24.3. The Morgan fingerprint density at radius 2 is 2.29 bits per heavy atom. The van der Waals surface area contributed by atoms with Crippen molar-refractivity contribution >= 4 is 10.0 Å². The van der Waals surface area contributed by atoms with Crippen LogP contribution in [0, 0.1) is 0 Å². The monoisotopic (exact) mass is 222 g/mol. The summed E-state index contributed by atoms with van der Waals surface area (Å²) in [5.41, 5.74) is 5.68. The summed E-state index contributed by atoms with van der Waals surface area (Å²) in [6.07, 6.45) is 1.85. The Morgan fingerprint density at radius 1 is 1.57 bits per heavy atom. The molecule has 1 saturated heterocycles. The fourth-order valence-corrected chi connectivity index (χ4v) is 3.26. The third-order valence-corrected chi connectivity index (χ3v) is 4.33. The molecule has 1 rings (SSSR count). The highest BCUT2D eigenvalue weighted by molar-refractivity contribution is 7.89. The predicted octanol–water partition coefficient (Wildman–Crippen LogP) is -0.267. The average Bonchev–Trinajstić information content (AvgIpc) is 2.52. The van der Waals surface area contributed by atoms with E-state index in [0.717, 1.165) is 12.8 Å². The Morgan fingerprint density at radius 3 is 2.79 bits per heavy atom. The van der Waals surface area contributed by atoms with E-state index in [2.05, 4.69) is 0 Å². The van der Waals surface area contributed by atoms with Gasteiger partial charge in [0, 0.05) is 20.3 Å². The fraction of sp³-hybridized carbons (Fsp3) is 1.00. The molecule has 0 radical (unpaired) electrons. The first-order chi connectivity index (χ1) is 6.58. The van der Waals surface area contributed by atoms with Crippen LogP contribution in [0.1, 0.15) is 19.3 Å². The van der Waals surface area contributed by atoms with Gasteiger partial charge in [0.15, 0.2) is 0 Å². The molecule has 1 unspecified atom stereocenters. The number of ether oxygens (including phenoxy) is 1. The zero-order chi connectivity index (χ0) is 10.6. The number of hydrogen-bond acceptors (Lipinski definition) is 4. The van der Waals surface area contributed by atoms with Crippen LogP contribution in [0.15, 0.2) is 0 Å². The van der Waals surface area contributed by atoms with Crippen molar-refractivity contribution in [3.63, 3.8) is 0 Å². The lowest BCUT2D eigenvalue weighted by Crippen LogP contribution is -2.42. The summed E-state index contributed by atoms with van der Waals surface area (Å²) in [4.78, 5) is 0. The SMILES string of the molecule is COCCCS(=O)(=O)N1CCCC1N. The summed E-state index contributed by atoms with van der Waals surface area (Å²) in [5, 5.41) is 0. The maximum Gasteiger partial charge on any atom is 0.215 e. The molecule has 0 amide bonds. The van der Waals surface area contributed by atoms with Gasteiger partial charge in [0.25, 0.3) is 0 Å². The second-order valence-electron chi connectivity index (χ2n) is 3.48. The number of methoxy groups -OCH3 is 1. The van der Waals surface area contributed by atoms with Crippen LogP contribution in [-0.2, 0) is 14.8 Å². The van der Waals surface area contributed by atoms with E-state index in [0.29, 0.717) is 19.6 Å². The molecule has 0 aromatic carbocycles. The minimum atomic E-state index is -3.15. The summed E-state index contributed by atoms with van der Waals surface area (Å²) in [6, 6.07) is 0. The Balaban J connectivity index is 2.47. The molecular weight excluding hydrogens is 204 g/mol. The first-order valence-electron chi connectivity index (χ1n) is 4.82. The van der Waals surface area contributed by atoms with E-state index in [9.17, 15) is 8.42 Å². The van der Waals surface area contributed by atoms with Crippen molar-refractivity contribution in [3.8, 4) is 0 Å². The van der Waals surface area contributed by atoms with Gasteiger partial charge in [-0.15, -0.1) is 0 Å². The summed E-state index contributed by atoms with van der Waals surface area (Å²) in [7, 11) is -1.59. The van der Waals surface area contributed by atoms with Crippen molar-refractivity contribution in [1.29, 1.82) is 0 Å². The minimum Gasteiger partial charge on any atom is -0.385 e. The molecule has 0 aromatic rings. The van der Waals surface area contributed by atoms with Crippen LogP contribution in [0.4, 0.5) is 0 Å². The van der Waals surface area contributed by atoms with Gasteiger partial charge in [-0.1, -0.05) is 0 Å². The predicted molar refractivity (Wildman–Crippen MR) is 54.2 cm³/mol. The standard InChI is InChI=1S/C8H18N2O3S/c1-13-6-3-7-14(11,12)10-5-2-4-8(10)9/h8H,2-7,9H2,1H3. The third-order valence-electron chi connectivity index (χ3n) is 2.36. The molecule has 0 saturated carbocycles.